The Morgan fingerprint density at radius 1 is 1.24 bits per heavy atom. The molecule has 5 heteroatoms. The first-order chi connectivity index (χ1) is 9.61. The van der Waals surface area contributed by atoms with Crippen LogP contribution < -0.4 is 11.1 Å². The van der Waals surface area contributed by atoms with Crippen molar-refractivity contribution in [1.29, 1.82) is 0 Å². The van der Waals surface area contributed by atoms with Crippen molar-refractivity contribution in [3.8, 4) is 0 Å². The minimum absolute atomic E-state index is 0.00875. The number of hydrogen-bond donors (Lipinski definition) is 2. The summed E-state index contributed by atoms with van der Waals surface area (Å²) < 4.78 is 0. The van der Waals surface area contributed by atoms with Crippen molar-refractivity contribution in [3.05, 3.63) is 0 Å². The number of rotatable bonds is 4. The summed E-state index contributed by atoms with van der Waals surface area (Å²) in [5.74, 6) is 0.232. The van der Waals surface area contributed by atoms with Gasteiger partial charge >= 0.3 is 0 Å². The fraction of sp³-hybridized carbons (Fsp3) is 0.875. The summed E-state index contributed by atoms with van der Waals surface area (Å²) in [5, 5.41) is 3.04. The summed E-state index contributed by atoms with van der Waals surface area (Å²) in [7, 11) is 0. The van der Waals surface area contributed by atoms with Crippen LogP contribution in [0.2, 0.25) is 0 Å². The second-order valence-electron chi connectivity index (χ2n) is 7.49. The third-order valence-electron chi connectivity index (χ3n) is 4.23. The van der Waals surface area contributed by atoms with Crippen molar-refractivity contribution in [3.63, 3.8) is 0 Å². The smallest absolute Gasteiger partial charge is 0.224 e. The van der Waals surface area contributed by atoms with Gasteiger partial charge in [0.05, 0.1) is 0 Å². The van der Waals surface area contributed by atoms with Crippen LogP contribution in [0.1, 0.15) is 53.9 Å². The average molecular weight is 297 g/mol. The van der Waals surface area contributed by atoms with Crippen molar-refractivity contribution in [2.24, 2.45) is 17.1 Å². The second-order valence-corrected chi connectivity index (χ2v) is 7.49. The van der Waals surface area contributed by atoms with E-state index in [1.807, 2.05) is 18.7 Å². The van der Waals surface area contributed by atoms with Gasteiger partial charge in [0.2, 0.25) is 11.8 Å². The highest BCUT2D eigenvalue weighted by Gasteiger charge is 2.28. The summed E-state index contributed by atoms with van der Waals surface area (Å²) in [6.07, 6.45) is 2.05. The SMILES string of the molecule is CC(C)C(=O)NC1CCN(C(=O)CC(N)C(C)(C)C)CC1. The number of likely N-dealkylation sites (tertiary alicyclic amines) is 1. The van der Waals surface area contributed by atoms with E-state index in [-0.39, 0.29) is 35.2 Å². The van der Waals surface area contributed by atoms with E-state index >= 15 is 0 Å². The van der Waals surface area contributed by atoms with E-state index in [9.17, 15) is 9.59 Å². The van der Waals surface area contributed by atoms with Gasteiger partial charge in [-0.2, -0.15) is 0 Å². The molecular weight excluding hydrogens is 266 g/mol. The Balaban J connectivity index is 2.39. The molecule has 3 N–H and O–H groups in total. The van der Waals surface area contributed by atoms with E-state index in [2.05, 4.69) is 26.1 Å². The summed E-state index contributed by atoms with van der Waals surface area (Å²) in [5.41, 5.74) is 6.02. The zero-order chi connectivity index (χ0) is 16.2. The summed E-state index contributed by atoms with van der Waals surface area (Å²) in [6.45, 7) is 11.4. The molecule has 1 rings (SSSR count). The van der Waals surface area contributed by atoms with Gasteiger partial charge in [0.15, 0.2) is 0 Å². The minimum atomic E-state index is -0.122. The number of carbonyl (C=O) groups is 2. The second kappa shape index (κ2) is 7.25. The topological polar surface area (TPSA) is 75.4 Å². The molecule has 5 nitrogen and oxygen atoms in total. The van der Waals surface area contributed by atoms with Crippen LogP contribution in [0.15, 0.2) is 0 Å². The lowest BCUT2D eigenvalue weighted by Gasteiger charge is -2.34. The average Bonchev–Trinajstić information content (AvgIpc) is 2.38. The van der Waals surface area contributed by atoms with Gasteiger partial charge in [0.1, 0.15) is 0 Å². The molecule has 1 heterocycles. The molecule has 0 bridgehead atoms. The number of piperidine rings is 1. The standard InChI is InChI=1S/C16H31N3O2/c1-11(2)15(21)18-12-6-8-19(9-7-12)14(20)10-13(17)16(3,4)5/h11-13H,6-10,17H2,1-5H3,(H,18,21). The molecule has 1 fully saturated rings. The maximum atomic E-state index is 12.3. The van der Waals surface area contributed by atoms with Crippen LogP contribution in [-0.4, -0.2) is 41.9 Å². The first-order valence-electron chi connectivity index (χ1n) is 7.95. The van der Waals surface area contributed by atoms with Gasteiger partial charge in [-0.05, 0) is 18.3 Å². The van der Waals surface area contributed by atoms with Gasteiger partial charge in [0.25, 0.3) is 0 Å². The molecule has 21 heavy (non-hydrogen) atoms. The molecule has 0 aromatic carbocycles. The lowest BCUT2D eigenvalue weighted by atomic mass is 9.85. The lowest BCUT2D eigenvalue weighted by Crippen LogP contribution is -2.49. The van der Waals surface area contributed by atoms with E-state index in [1.165, 1.54) is 0 Å². The monoisotopic (exact) mass is 297 g/mol. The highest BCUT2D eigenvalue weighted by molar-refractivity contribution is 5.78. The number of nitrogens with one attached hydrogen (secondary N) is 1. The summed E-state index contributed by atoms with van der Waals surface area (Å²) in [6, 6.07) is 0.0728. The lowest BCUT2D eigenvalue weighted by molar-refractivity contribution is -0.133. The van der Waals surface area contributed by atoms with Gasteiger partial charge < -0.3 is 16.0 Å². The van der Waals surface area contributed by atoms with Gasteiger partial charge in [-0.15, -0.1) is 0 Å². The molecule has 0 aromatic rings. The molecule has 0 aliphatic carbocycles. The Bertz CT molecular complexity index is 366. The van der Waals surface area contributed by atoms with E-state index in [4.69, 9.17) is 5.73 Å². The molecule has 2 amide bonds. The van der Waals surface area contributed by atoms with Gasteiger partial charge in [0, 0.05) is 37.5 Å². The molecule has 0 aromatic heterocycles. The van der Waals surface area contributed by atoms with Crippen molar-refractivity contribution in [1.82, 2.24) is 10.2 Å². The normalized spacial score (nSPS) is 18.7. The maximum Gasteiger partial charge on any atom is 0.224 e. The van der Waals surface area contributed by atoms with Crippen LogP contribution in [0.4, 0.5) is 0 Å². The number of nitrogens with zero attached hydrogens (tertiary/aromatic N) is 1. The Morgan fingerprint density at radius 3 is 2.19 bits per heavy atom. The van der Waals surface area contributed by atoms with Crippen LogP contribution in [0, 0.1) is 11.3 Å². The fourth-order valence-electron chi connectivity index (χ4n) is 2.26. The zero-order valence-corrected chi connectivity index (χ0v) is 14.1. The Morgan fingerprint density at radius 2 is 1.76 bits per heavy atom. The molecule has 0 saturated carbocycles. The molecular formula is C16H31N3O2. The molecule has 0 radical (unpaired) electrons. The highest BCUT2D eigenvalue weighted by Crippen LogP contribution is 2.21. The van der Waals surface area contributed by atoms with Crippen molar-refractivity contribution in [2.45, 2.75) is 66.0 Å². The van der Waals surface area contributed by atoms with Crippen LogP contribution in [0.3, 0.4) is 0 Å². The van der Waals surface area contributed by atoms with E-state index in [0.29, 0.717) is 19.5 Å². The quantitative estimate of drug-likeness (QED) is 0.826. The predicted octanol–water partition coefficient (Wildman–Crippen LogP) is 1.51. The molecule has 0 spiro atoms. The molecule has 122 valence electrons. The van der Waals surface area contributed by atoms with Crippen molar-refractivity contribution >= 4 is 11.8 Å². The van der Waals surface area contributed by atoms with Crippen LogP contribution in [0.25, 0.3) is 0 Å². The largest absolute Gasteiger partial charge is 0.353 e. The predicted molar refractivity (Wildman–Crippen MR) is 84.6 cm³/mol. The Hall–Kier alpha value is -1.10. The van der Waals surface area contributed by atoms with E-state index < -0.39 is 0 Å². The molecule has 1 aliphatic heterocycles. The molecule has 1 atom stereocenters. The van der Waals surface area contributed by atoms with Crippen LogP contribution in [0.5, 0.6) is 0 Å². The molecule has 1 unspecified atom stereocenters. The summed E-state index contributed by atoms with van der Waals surface area (Å²) in [4.78, 5) is 25.8. The van der Waals surface area contributed by atoms with Crippen molar-refractivity contribution < 1.29 is 9.59 Å². The minimum Gasteiger partial charge on any atom is -0.353 e. The number of hydrogen-bond acceptors (Lipinski definition) is 3. The molecule has 1 aliphatic rings. The zero-order valence-electron chi connectivity index (χ0n) is 14.1. The van der Waals surface area contributed by atoms with Crippen molar-refractivity contribution in [2.75, 3.05) is 13.1 Å². The fourth-order valence-corrected chi connectivity index (χ4v) is 2.26. The first kappa shape index (κ1) is 18.0. The van der Waals surface area contributed by atoms with E-state index in [0.717, 1.165) is 12.8 Å². The van der Waals surface area contributed by atoms with E-state index in [1.54, 1.807) is 0 Å². The Kier molecular flexibility index (Phi) is 6.20. The number of amides is 2. The van der Waals surface area contributed by atoms with Gasteiger partial charge in [-0.3, -0.25) is 9.59 Å². The third kappa shape index (κ3) is 5.65. The van der Waals surface area contributed by atoms with Gasteiger partial charge in [-0.1, -0.05) is 34.6 Å². The molecule has 1 saturated heterocycles. The number of carbonyl (C=O) groups excluding carboxylic acids is 2. The summed E-state index contributed by atoms with van der Waals surface area (Å²) >= 11 is 0. The maximum absolute atomic E-state index is 12.3. The third-order valence-corrected chi connectivity index (χ3v) is 4.23. The number of nitrogens with two attached hydrogens (primary N) is 1. The van der Waals surface area contributed by atoms with Crippen LogP contribution >= 0.6 is 0 Å². The highest BCUT2D eigenvalue weighted by atomic mass is 16.2. The Labute approximate surface area is 128 Å². The van der Waals surface area contributed by atoms with Gasteiger partial charge in [-0.25, -0.2) is 0 Å². The van der Waals surface area contributed by atoms with Crippen LogP contribution in [-0.2, 0) is 9.59 Å². The first-order valence-corrected chi connectivity index (χ1v) is 7.95.